The van der Waals surface area contributed by atoms with Crippen molar-refractivity contribution in [3.05, 3.63) is 0 Å². The van der Waals surface area contributed by atoms with Gasteiger partial charge in [-0.3, -0.25) is 9.59 Å². The van der Waals surface area contributed by atoms with Crippen molar-refractivity contribution in [1.29, 1.82) is 0 Å². The first kappa shape index (κ1) is 13.9. The Kier molecular flexibility index (Phi) is 7.62. The highest BCUT2D eigenvalue weighted by molar-refractivity contribution is 5.75. The van der Waals surface area contributed by atoms with Crippen molar-refractivity contribution in [2.75, 3.05) is 33.2 Å². The third-order valence-electron chi connectivity index (χ3n) is 2.00. The van der Waals surface area contributed by atoms with Gasteiger partial charge in [0.05, 0.1) is 0 Å². The first-order valence-corrected chi connectivity index (χ1v) is 5.26. The Morgan fingerprint density at radius 1 is 1.13 bits per heavy atom. The Hall–Kier alpha value is -1.10. The molecule has 2 amide bonds. The molecule has 0 aromatic rings. The van der Waals surface area contributed by atoms with Gasteiger partial charge in [0.15, 0.2) is 0 Å². The van der Waals surface area contributed by atoms with E-state index in [0.717, 1.165) is 13.1 Å². The van der Waals surface area contributed by atoms with Gasteiger partial charge < -0.3 is 15.5 Å². The van der Waals surface area contributed by atoms with Crippen molar-refractivity contribution >= 4 is 11.8 Å². The van der Waals surface area contributed by atoms with Crippen LogP contribution in [0.25, 0.3) is 0 Å². The first-order valence-electron chi connectivity index (χ1n) is 5.26. The molecule has 5 nitrogen and oxygen atoms in total. The normalized spacial score (nSPS) is 10.1. The van der Waals surface area contributed by atoms with E-state index < -0.39 is 0 Å². The molecule has 15 heavy (non-hydrogen) atoms. The largest absolute Gasteiger partial charge is 0.355 e. The standard InChI is InChI=1S/C10H21N3O2/c1-4-10(15)12-6-8-13(3)7-5-11-9(2)14/h4-8H2,1-3H3,(H,11,14)(H,12,15). The molecule has 0 aliphatic carbocycles. The maximum absolute atomic E-state index is 10.9. The topological polar surface area (TPSA) is 61.4 Å². The molecule has 0 fully saturated rings. The van der Waals surface area contributed by atoms with Gasteiger partial charge in [-0.05, 0) is 7.05 Å². The molecule has 88 valence electrons. The molecule has 0 heterocycles. The quantitative estimate of drug-likeness (QED) is 0.606. The van der Waals surface area contributed by atoms with Crippen LogP contribution in [0.1, 0.15) is 20.3 Å². The molecule has 0 aromatic carbocycles. The Bertz CT molecular complexity index is 207. The van der Waals surface area contributed by atoms with E-state index in [1.54, 1.807) is 0 Å². The molecule has 0 atom stereocenters. The van der Waals surface area contributed by atoms with Gasteiger partial charge >= 0.3 is 0 Å². The fourth-order valence-corrected chi connectivity index (χ4v) is 1.05. The Morgan fingerprint density at radius 3 is 2.13 bits per heavy atom. The van der Waals surface area contributed by atoms with E-state index in [4.69, 9.17) is 0 Å². The summed E-state index contributed by atoms with van der Waals surface area (Å²) in [5, 5.41) is 5.51. The fraction of sp³-hybridized carbons (Fsp3) is 0.800. The predicted octanol–water partition coefficient (Wildman–Crippen LogP) is -0.419. The highest BCUT2D eigenvalue weighted by Crippen LogP contribution is 1.80. The molecule has 0 unspecified atom stereocenters. The number of nitrogens with zero attached hydrogens (tertiary/aromatic N) is 1. The molecule has 0 spiro atoms. The molecule has 0 saturated carbocycles. The van der Waals surface area contributed by atoms with E-state index in [2.05, 4.69) is 15.5 Å². The average Bonchev–Trinajstić information content (AvgIpc) is 2.17. The monoisotopic (exact) mass is 215 g/mol. The maximum Gasteiger partial charge on any atom is 0.219 e. The van der Waals surface area contributed by atoms with Crippen LogP contribution in [0.4, 0.5) is 0 Å². The van der Waals surface area contributed by atoms with Gasteiger partial charge in [0.1, 0.15) is 0 Å². The Balaban J connectivity index is 3.37. The van der Waals surface area contributed by atoms with Crippen LogP contribution in [0.15, 0.2) is 0 Å². The number of rotatable bonds is 7. The smallest absolute Gasteiger partial charge is 0.219 e. The number of carbonyl (C=O) groups excluding carboxylic acids is 2. The number of carbonyl (C=O) groups is 2. The summed E-state index contributed by atoms with van der Waals surface area (Å²) in [7, 11) is 1.96. The van der Waals surface area contributed by atoms with Crippen LogP contribution in [0.2, 0.25) is 0 Å². The lowest BCUT2D eigenvalue weighted by Crippen LogP contribution is -2.36. The summed E-state index contributed by atoms with van der Waals surface area (Å²) in [6, 6.07) is 0. The summed E-state index contributed by atoms with van der Waals surface area (Å²) < 4.78 is 0. The lowest BCUT2D eigenvalue weighted by Gasteiger charge is -2.16. The van der Waals surface area contributed by atoms with E-state index in [1.807, 2.05) is 14.0 Å². The molecule has 0 radical (unpaired) electrons. The van der Waals surface area contributed by atoms with E-state index in [0.29, 0.717) is 19.5 Å². The molecule has 0 bridgehead atoms. The molecule has 0 aliphatic rings. The second-order valence-electron chi connectivity index (χ2n) is 3.49. The number of hydrogen-bond acceptors (Lipinski definition) is 3. The van der Waals surface area contributed by atoms with Gasteiger partial charge in [0.2, 0.25) is 11.8 Å². The third-order valence-corrected chi connectivity index (χ3v) is 2.00. The van der Waals surface area contributed by atoms with Gasteiger partial charge in [-0.25, -0.2) is 0 Å². The van der Waals surface area contributed by atoms with Crippen molar-refractivity contribution in [3.8, 4) is 0 Å². The van der Waals surface area contributed by atoms with Crippen LogP contribution in [0.5, 0.6) is 0 Å². The van der Waals surface area contributed by atoms with E-state index >= 15 is 0 Å². The average molecular weight is 215 g/mol. The number of amides is 2. The summed E-state index contributed by atoms with van der Waals surface area (Å²) in [5.74, 6) is 0.0629. The third kappa shape index (κ3) is 9.21. The summed E-state index contributed by atoms with van der Waals surface area (Å²) in [6.07, 6.45) is 0.523. The highest BCUT2D eigenvalue weighted by Gasteiger charge is 2.00. The number of likely N-dealkylation sites (N-methyl/N-ethyl adjacent to an activating group) is 1. The molecule has 0 aromatic heterocycles. The van der Waals surface area contributed by atoms with Crippen molar-refractivity contribution in [2.24, 2.45) is 0 Å². The Labute approximate surface area is 91.2 Å². The van der Waals surface area contributed by atoms with E-state index in [-0.39, 0.29) is 11.8 Å². The second-order valence-corrected chi connectivity index (χ2v) is 3.49. The fourth-order valence-electron chi connectivity index (χ4n) is 1.05. The zero-order valence-electron chi connectivity index (χ0n) is 9.80. The van der Waals surface area contributed by atoms with Crippen LogP contribution in [0.3, 0.4) is 0 Å². The lowest BCUT2D eigenvalue weighted by molar-refractivity contribution is -0.121. The minimum Gasteiger partial charge on any atom is -0.355 e. The zero-order chi connectivity index (χ0) is 11.7. The predicted molar refractivity (Wildman–Crippen MR) is 59.5 cm³/mol. The molecular formula is C10H21N3O2. The molecule has 0 saturated heterocycles. The van der Waals surface area contributed by atoms with Crippen LogP contribution < -0.4 is 10.6 Å². The number of hydrogen-bond donors (Lipinski definition) is 2. The van der Waals surface area contributed by atoms with Gasteiger partial charge in [-0.1, -0.05) is 6.92 Å². The van der Waals surface area contributed by atoms with E-state index in [9.17, 15) is 9.59 Å². The van der Waals surface area contributed by atoms with Gasteiger partial charge in [0.25, 0.3) is 0 Å². The highest BCUT2D eigenvalue weighted by atomic mass is 16.2. The van der Waals surface area contributed by atoms with Crippen molar-refractivity contribution in [2.45, 2.75) is 20.3 Å². The molecule has 0 aliphatic heterocycles. The zero-order valence-corrected chi connectivity index (χ0v) is 9.80. The summed E-state index contributed by atoms with van der Waals surface area (Å²) in [6.45, 7) is 6.22. The number of nitrogens with one attached hydrogen (secondary N) is 2. The minimum absolute atomic E-state index is 0.0114. The summed E-state index contributed by atoms with van der Waals surface area (Å²) in [4.78, 5) is 23.6. The Morgan fingerprint density at radius 2 is 1.67 bits per heavy atom. The summed E-state index contributed by atoms with van der Waals surface area (Å²) >= 11 is 0. The molecule has 0 rings (SSSR count). The van der Waals surface area contributed by atoms with Crippen LogP contribution in [0, 0.1) is 0 Å². The molecule has 5 heteroatoms. The van der Waals surface area contributed by atoms with Crippen molar-refractivity contribution in [3.63, 3.8) is 0 Å². The van der Waals surface area contributed by atoms with E-state index in [1.165, 1.54) is 6.92 Å². The van der Waals surface area contributed by atoms with Crippen LogP contribution in [-0.2, 0) is 9.59 Å². The summed E-state index contributed by atoms with van der Waals surface area (Å²) in [5.41, 5.74) is 0. The first-order chi connectivity index (χ1) is 7.06. The second kappa shape index (κ2) is 8.23. The van der Waals surface area contributed by atoms with Gasteiger partial charge in [-0.2, -0.15) is 0 Å². The van der Waals surface area contributed by atoms with Crippen molar-refractivity contribution < 1.29 is 9.59 Å². The van der Waals surface area contributed by atoms with Crippen molar-refractivity contribution in [1.82, 2.24) is 15.5 Å². The minimum atomic E-state index is -0.0114. The van der Waals surface area contributed by atoms with Crippen LogP contribution in [-0.4, -0.2) is 49.9 Å². The van der Waals surface area contributed by atoms with Gasteiger partial charge in [0, 0.05) is 39.5 Å². The maximum atomic E-state index is 10.9. The molecular weight excluding hydrogens is 194 g/mol. The molecule has 2 N–H and O–H groups in total. The SMILES string of the molecule is CCC(=O)NCCN(C)CCNC(C)=O. The van der Waals surface area contributed by atoms with Crippen LogP contribution >= 0.6 is 0 Å². The van der Waals surface area contributed by atoms with Gasteiger partial charge in [-0.15, -0.1) is 0 Å². The lowest BCUT2D eigenvalue weighted by atomic mass is 10.4.